The molecule has 0 radical (unpaired) electrons. The van der Waals surface area contributed by atoms with Crippen LogP contribution in [0, 0.1) is 10.1 Å². The average Bonchev–Trinajstić information content (AvgIpc) is 2.52. The monoisotopic (exact) mass is 335 g/mol. The summed E-state index contributed by atoms with van der Waals surface area (Å²) in [5, 5.41) is 10.7. The van der Waals surface area contributed by atoms with Crippen LogP contribution in [-0.2, 0) is 23.9 Å². The van der Waals surface area contributed by atoms with Crippen molar-refractivity contribution in [1.82, 2.24) is 0 Å². The topological polar surface area (TPSA) is 113 Å². The standard InChI is InChI=1S/C16H17NO7/c1-3-23-15(19)7-8-24-16(20)14(11(2)18)10-12-5-4-6-13(9-12)17(21)22/h4-6,9-10H,3,7-8H2,1-2H3. The second-order valence-electron chi connectivity index (χ2n) is 4.66. The molecule has 0 atom stereocenters. The summed E-state index contributed by atoms with van der Waals surface area (Å²) in [5.41, 5.74) is -0.113. The molecule has 0 aliphatic carbocycles. The second-order valence-corrected chi connectivity index (χ2v) is 4.66. The Balaban J connectivity index is 2.84. The smallest absolute Gasteiger partial charge is 0.341 e. The molecule has 8 nitrogen and oxygen atoms in total. The molecule has 0 spiro atoms. The van der Waals surface area contributed by atoms with Gasteiger partial charge in [0, 0.05) is 12.1 Å². The van der Waals surface area contributed by atoms with Crippen molar-refractivity contribution in [3.05, 3.63) is 45.5 Å². The van der Waals surface area contributed by atoms with Gasteiger partial charge in [0.25, 0.3) is 5.69 Å². The van der Waals surface area contributed by atoms with Crippen LogP contribution in [0.3, 0.4) is 0 Å². The summed E-state index contributed by atoms with van der Waals surface area (Å²) in [4.78, 5) is 44.9. The minimum absolute atomic E-state index is 0.123. The van der Waals surface area contributed by atoms with E-state index in [9.17, 15) is 24.5 Å². The van der Waals surface area contributed by atoms with E-state index in [-0.39, 0.29) is 30.9 Å². The lowest BCUT2D eigenvalue weighted by molar-refractivity contribution is -0.384. The Labute approximate surface area is 138 Å². The number of carbonyl (C=O) groups excluding carboxylic acids is 3. The van der Waals surface area contributed by atoms with Gasteiger partial charge in [0.05, 0.1) is 18.0 Å². The summed E-state index contributed by atoms with van der Waals surface area (Å²) in [6.45, 7) is 2.82. The summed E-state index contributed by atoms with van der Waals surface area (Å²) in [7, 11) is 0. The van der Waals surface area contributed by atoms with Crippen LogP contribution in [0.15, 0.2) is 29.8 Å². The molecule has 8 heteroatoms. The highest BCUT2D eigenvalue weighted by Crippen LogP contribution is 2.16. The molecule has 0 aliphatic rings. The van der Waals surface area contributed by atoms with Crippen molar-refractivity contribution in [2.75, 3.05) is 13.2 Å². The number of ketones is 1. The van der Waals surface area contributed by atoms with Gasteiger partial charge in [-0.3, -0.25) is 19.7 Å². The van der Waals surface area contributed by atoms with Crippen molar-refractivity contribution in [3.63, 3.8) is 0 Å². The summed E-state index contributed by atoms with van der Waals surface area (Å²) in [6, 6.07) is 5.48. The number of Topliss-reactive ketones (excluding diaryl/α,β-unsaturated/α-hetero) is 1. The van der Waals surface area contributed by atoms with Crippen LogP contribution in [0.2, 0.25) is 0 Å². The first-order chi connectivity index (χ1) is 11.3. The molecule has 1 aromatic carbocycles. The molecule has 24 heavy (non-hydrogen) atoms. The lowest BCUT2D eigenvalue weighted by Crippen LogP contribution is -2.16. The van der Waals surface area contributed by atoms with Gasteiger partial charge in [0.1, 0.15) is 12.2 Å². The van der Waals surface area contributed by atoms with E-state index in [1.165, 1.54) is 37.3 Å². The first-order valence-electron chi connectivity index (χ1n) is 7.15. The fourth-order valence-corrected chi connectivity index (χ4v) is 1.74. The van der Waals surface area contributed by atoms with E-state index in [2.05, 4.69) is 4.74 Å². The van der Waals surface area contributed by atoms with E-state index >= 15 is 0 Å². The van der Waals surface area contributed by atoms with E-state index in [1.54, 1.807) is 6.92 Å². The van der Waals surface area contributed by atoms with Crippen LogP contribution in [0.25, 0.3) is 6.08 Å². The molecule has 0 unspecified atom stereocenters. The third-order valence-corrected chi connectivity index (χ3v) is 2.84. The quantitative estimate of drug-likeness (QED) is 0.178. The number of carbonyl (C=O) groups is 3. The van der Waals surface area contributed by atoms with E-state index in [1.807, 2.05) is 0 Å². The van der Waals surface area contributed by atoms with Crippen molar-refractivity contribution >= 4 is 29.5 Å². The molecule has 0 amide bonds. The number of esters is 2. The van der Waals surface area contributed by atoms with Gasteiger partial charge in [-0.15, -0.1) is 0 Å². The van der Waals surface area contributed by atoms with Gasteiger partial charge in [-0.25, -0.2) is 4.79 Å². The van der Waals surface area contributed by atoms with E-state index < -0.39 is 22.6 Å². The van der Waals surface area contributed by atoms with Crippen LogP contribution in [-0.4, -0.2) is 35.9 Å². The third kappa shape index (κ3) is 5.99. The highest BCUT2D eigenvalue weighted by molar-refractivity contribution is 6.19. The van der Waals surface area contributed by atoms with Crippen LogP contribution >= 0.6 is 0 Å². The SMILES string of the molecule is CCOC(=O)CCOC(=O)C(=Cc1cccc([N+](=O)[O-])c1)C(C)=O. The molecule has 1 rings (SSSR count). The predicted molar refractivity (Wildman–Crippen MR) is 84.0 cm³/mol. The van der Waals surface area contributed by atoms with E-state index in [0.29, 0.717) is 5.56 Å². The number of rotatable bonds is 8. The summed E-state index contributed by atoms with van der Waals surface area (Å²) < 4.78 is 9.56. The molecule has 0 saturated carbocycles. The Morgan fingerprint density at radius 3 is 2.54 bits per heavy atom. The normalized spacial score (nSPS) is 10.8. The molecule has 1 aromatic rings. The van der Waals surface area contributed by atoms with Crippen LogP contribution in [0.1, 0.15) is 25.8 Å². The fourth-order valence-electron chi connectivity index (χ4n) is 1.74. The molecule has 0 heterocycles. The molecule has 0 N–H and O–H groups in total. The van der Waals surface area contributed by atoms with Gasteiger partial charge in [0.15, 0.2) is 5.78 Å². The molecule has 0 aromatic heterocycles. The van der Waals surface area contributed by atoms with Gasteiger partial charge < -0.3 is 9.47 Å². The lowest BCUT2D eigenvalue weighted by Gasteiger charge is -2.06. The van der Waals surface area contributed by atoms with Crippen molar-refractivity contribution < 1.29 is 28.8 Å². The number of nitro groups is 1. The van der Waals surface area contributed by atoms with Gasteiger partial charge in [-0.1, -0.05) is 12.1 Å². The highest BCUT2D eigenvalue weighted by atomic mass is 16.6. The van der Waals surface area contributed by atoms with E-state index in [4.69, 9.17) is 4.74 Å². The number of hydrogen-bond donors (Lipinski definition) is 0. The molecular weight excluding hydrogens is 318 g/mol. The minimum Gasteiger partial charge on any atom is -0.466 e. The van der Waals surface area contributed by atoms with Gasteiger partial charge in [-0.2, -0.15) is 0 Å². The number of hydrogen-bond acceptors (Lipinski definition) is 7. The Bertz CT molecular complexity index is 679. The zero-order chi connectivity index (χ0) is 18.1. The van der Waals surface area contributed by atoms with Crippen molar-refractivity contribution in [1.29, 1.82) is 0 Å². The van der Waals surface area contributed by atoms with Crippen LogP contribution < -0.4 is 0 Å². The van der Waals surface area contributed by atoms with Crippen LogP contribution in [0.5, 0.6) is 0 Å². The second kappa shape index (κ2) is 9.19. The lowest BCUT2D eigenvalue weighted by atomic mass is 10.1. The zero-order valence-electron chi connectivity index (χ0n) is 13.3. The number of non-ortho nitro benzene ring substituents is 1. The Morgan fingerprint density at radius 2 is 1.96 bits per heavy atom. The first-order valence-corrected chi connectivity index (χ1v) is 7.15. The molecule has 0 saturated heterocycles. The largest absolute Gasteiger partial charge is 0.466 e. The van der Waals surface area contributed by atoms with Crippen molar-refractivity contribution in [3.8, 4) is 0 Å². The van der Waals surface area contributed by atoms with Gasteiger partial charge in [-0.05, 0) is 25.5 Å². The summed E-state index contributed by atoms with van der Waals surface area (Å²) in [5.74, 6) is -1.97. The number of nitro benzene ring substituents is 1. The highest BCUT2D eigenvalue weighted by Gasteiger charge is 2.17. The Kier molecular flexibility index (Phi) is 7.28. The van der Waals surface area contributed by atoms with Gasteiger partial charge in [0.2, 0.25) is 0 Å². The van der Waals surface area contributed by atoms with Gasteiger partial charge >= 0.3 is 11.9 Å². The molecule has 128 valence electrons. The number of benzene rings is 1. The van der Waals surface area contributed by atoms with E-state index in [0.717, 1.165) is 0 Å². The fraction of sp³-hybridized carbons (Fsp3) is 0.312. The summed E-state index contributed by atoms with van der Waals surface area (Å²) >= 11 is 0. The molecule has 0 fully saturated rings. The maximum Gasteiger partial charge on any atom is 0.341 e. The van der Waals surface area contributed by atoms with Crippen molar-refractivity contribution in [2.45, 2.75) is 20.3 Å². The Hall–Kier alpha value is -3.03. The first kappa shape index (κ1) is 19.0. The zero-order valence-corrected chi connectivity index (χ0v) is 13.3. The van der Waals surface area contributed by atoms with Crippen LogP contribution in [0.4, 0.5) is 5.69 Å². The maximum absolute atomic E-state index is 11.9. The Morgan fingerprint density at radius 1 is 1.25 bits per heavy atom. The maximum atomic E-state index is 11.9. The summed E-state index contributed by atoms with van der Waals surface area (Å²) in [6.07, 6.45) is 1.09. The molecule has 0 aliphatic heterocycles. The molecular formula is C16H17NO7. The predicted octanol–water partition coefficient (Wildman–Crippen LogP) is 2.06. The molecule has 0 bridgehead atoms. The number of ether oxygens (including phenoxy) is 2. The van der Waals surface area contributed by atoms with Crippen molar-refractivity contribution in [2.24, 2.45) is 0 Å². The minimum atomic E-state index is -0.904. The average molecular weight is 335 g/mol. The third-order valence-electron chi connectivity index (χ3n) is 2.84. The number of nitrogens with zero attached hydrogens (tertiary/aromatic N) is 1.